The lowest BCUT2D eigenvalue weighted by atomic mass is 10.2. The molecule has 0 aliphatic rings. The number of thioether (sulfide) groups is 1. The number of benzene rings is 1. The molecule has 3 aromatic heterocycles. The minimum absolute atomic E-state index is 0.250. The highest BCUT2D eigenvalue weighted by atomic mass is 35.5. The van der Waals surface area contributed by atoms with Gasteiger partial charge in [0.15, 0.2) is 0 Å². The number of rotatable bonds is 5. The molecule has 1 aromatic carbocycles. The third kappa shape index (κ3) is 5.62. The summed E-state index contributed by atoms with van der Waals surface area (Å²) in [5, 5.41) is 6.90. The largest absolute Gasteiger partial charge is 0.373 e. The smallest absolute Gasteiger partial charge is 0.261 e. The number of nitrogens with zero attached hydrogens (tertiary/aromatic N) is 5. The molecular formula is C21H17Cl2N5O2S2. The lowest BCUT2D eigenvalue weighted by Crippen LogP contribution is -1.94. The van der Waals surface area contributed by atoms with E-state index in [0.717, 1.165) is 37.5 Å². The molecule has 0 aliphatic heterocycles. The van der Waals surface area contributed by atoms with Crippen molar-refractivity contribution < 1.29 is 9.59 Å². The van der Waals surface area contributed by atoms with E-state index in [-0.39, 0.29) is 6.15 Å². The molecule has 32 heavy (non-hydrogen) atoms. The van der Waals surface area contributed by atoms with Gasteiger partial charge >= 0.3 is 6.15 Å². The molecule has 0 N–H and O–H groups in total. The van der Waals surface area contributed by atoms with Crippen molar-refractivity contribution in [1.29, 1.82) is 0 Å². The topological polar surface area (TPSA) is 90.6 Å². The summed E-state index contributed by atoms with van der Waals surface area (Å²) in [4.78, 5) is 29.7. The Labute approximate surface area is 202 Å². The first-order valence-electron chi connectivity index (χ1n) is 9.29. The highest BCUT2D eigenvalue weighted by molar-refractivity contribution is 8.01. The van der Waals surface area contributed by atoms with Crippen molar-refractivity contribution in [3.63, 3.8) is 0 Å². The molecule has 0 unspecified atom stereocenters. The minimum atomic E-state index is 0.250. The Kier molecular flexibility index (Phi) is 8.17. The molecule has 0 radical (unpaired) electrons. The van der Waals surface area contributed by atoms with Gasteiger partial charge in [0, 0.05) is 35.0 Å². The van der Waals surface area contributed by atoms with E-state index in [1.807, 2.05) is 25.3 Å². The molecule has 0 saturated heterocycles. The molecule has 0 bridgehead atoms. The highest BCUT2D eigenvalue weighted by Crippen LogP contribution is 2.41. The van der Waals surface area contributed by atoms with Crippen molar-refractivity contribution in [2.45, 2.75) is 30.2 Å². The lowest BCUT2D eigenvalue weighted by Gasteiger charge is -2.05. The first-order chi connectivity index (χ1) is 15.3. The zero-order valence-electron chi connectivity index (χ0n) is 17.2. The van der Waals surface area contributed by atoms with E-state index in [0.29, 0.717) is 15.3 Å². The van der Waals surface area contributed by atoms with Gasteiger partial charge in [0.25, 0.3) is 0 Å². The van der Waals surface area contributed by atoms with Gasteiger partial charge in [-0.15, -0.1) is 11.8 Å². The van der Waals surface area contributed by atoms with Crippen molar-refractivity contribution in [3.05, 3.63) is 58.7 Å². The Morgan fingerprint density at radius 1 is 1.16 bits per heavy atom. The summed E-state index contributed by atoms with van der Waals surface area (Å²) in [7, 11) is 0. The summed E-state index contributed by atoms with van der Waals surface area (Å²) < 4.78 is 2.91. The molecule has 0 amide bonds. The molecule has 4 rings (SSSR count). The van der Waals surface area contributed by atoms with Crippen molar-refractivity contribution in [1.82, 2.24) is 24.7 Å². The predicted molar refractivity (Wildman–Crippen MR) is 126 cm³/mol. The van der Waals surface area contributed by atoms with Crippen LogP contribution in [0, 0.1) is 6.92 Å². The van der Waals surface area contributed by atoms with Crippen LogP contribution in [0.2, 0.25) is 10.0 Å². The summed E-state index contributed by atoms with van der Waals surface area (Å²) >= 11 is 15.7. The van der Waals surface area contributed by atoms with E-state index in [4.69, 9.17) is 37.8 Å². The molecule has 164 valence electrons. The molecule has 3 heterocycles. The molecule has 0 atom stereocenters. The van der Waals surface area contributed by atoms with Gasteiger partial charge in [-0.3, -0.25) is 9.97 Å². The minimum Gasteiger partial charge on any atom is -0.261 e. The SMILES string of the molecule is Cc1nn(-c2nc(-c3ccc(Cl)c(Cl)c3)c(SC(C)C)s2)cc1-c1cnccn1.O=C=O. The second kappa shape index (κ2) is 10.8. The summed E-state index contributed by atoms with van der Waals surface area (Å²) in [6.07, 6.45) is 7.26. The van der Waals surface area contributed by atoms with E-state index < -0.39 is 0 Å². The summed E-state index contributed by atoms with van der Waals surface area (Å²) in [5.74, 6) is 0. The Bertz CT molecular complexity index is 1250. The van der Waals surface area contributed by atoms with Crippen LogP contribution in [0.3, 0.4) is 0 Å². The zero-order chi connectivity index (χ0) is 23.3. The van der Waals surface area contributed by atoms with E-state index in [1.54, 1.807) is 52.4 Å². The van der Waals surface area contributed by atoms with Crippen molar-refractivity contribution in [2.75, 3.05) is 0 Å². The molecule has 4 aromatic rings. The summed E-state index contributed by atoms with van der Waals surface area (Å²) in [6, 6.07) is 5.59. The number of halogens is 2. The molecule has 7 nitrogen and oxygen atoms in total. The third-order valence-corrected chi connectivity index (χ3v) is 7.05. The van der Waals surface area contributed by atoms with Crippen molar-refractivity contribution in [2.24, 2.45) is 0 Å². The van der Waals surface area contributed by atoms with E-state index in [9.17, 15) is 0 Å². The van der Waals surface area contributed by atoms with E-state index in [1.165, 1.54) is 0 Å². The standard InChI is InChI=1S/C20H17Cl2N5S2.CO2/c1-11(2)28-19-18(13-4-5-15(21)16(22)8-13)25-20(29-19)27-10-14(12(3)26-27)17-9-23-6-7-24-17;2-1-3/h4-11H,1-3H3;. The monoisotopic (exact) mass is 505 g/mol. The van der Waals surface area contributed by atoms with Crippen LogP contribution in [0.25, 0.3) is 27.6 Å². The Balaban J connectivity index is 0.000000913. The molecule has 11 heteroatoms. The Morgan fingerprint density at radius 3 is 2.53 bits per heavy atom. The number of hydrogen-bond donors (Lipinski definition) is 0. The van der Waals surface area contributed by atoms with Gasteiger partial charge < -0.3 is 0 Å². The van der Waals surface area contributed by atoms with E-state index >= 15 is 0 Å². The van der Waals surface area contributed by atoms with Gasteiger partial charge in [-0.1, -0.05) is 54.5 Å². The van der Waals surface area contributed by atoms with Gasteiger partial charge in [0.05, 0.1) is 37.5 Å². The second-order valence-electron chi connectivity index (χ2n) is 6.67. The molecule has 0 saturated carbocycles. The van der Waals surface area contributed by atoms with E-state index in [2.05, 4.69) is 28.9 Å². The lowest BCUT2D eigenvalue weighted by molar-refractivity contribution is -0.191. The van der Waals surface area contributed by atoms with Crippen LogP contribution in [-0.2, 0) is 9.59 Å². The first-order valence-corrected chi connectivity index (χ1v) is 11.7. The fraction of sp³-hybridized carbons (Fsp3) is 0.190. The maximum absolute atomic E-state index is 8.12. The third-order valence-electron chi connectivity index (χ3n) is 4.05. The fourth-order valence-corrected chi connectivity index (χ4v) is 5.51. The average molecular weight is 506 g/mol. The highest BCUT2D eigenvalue weighted by Gasteiger charge is 2.19. The number of aryl methyl sites for hydroxylation is 1. The maximum atomic E-state index is 8.12. The quantitative estimate of drug-likeness (QED) is 0.307. The first kappa shape index (κ1) is 24.1. The fourth-order valence-electron chi connectivity index (χ4n) is 2.76. The summed E-state index contributed by atoms with van der Waals surface area (Å²) in [5.41, 5.74) is 4.41. The zero-order valence-corrected chi connectivity index (χ0v) is 20.4. The van der Waals surface area contributed by atoms with Crippen LogP contribution in [-0.4, -0.2) is 36.1 Å². The van der Waals surface area contributed by atoms with Gasteiger partial charge in [-0.2, -0.15) is 14.7 Å². The summed E-state index contributed by atoms with van der Waals surface area (Å²) in [6.45, 7) is 6.28. The molecule has 0 aliphatic carbocycles. The van der Waals surface area contributed by atoms with Gasteiger partial charge in [0.1, 0.15) is 0 Å². The molecule has 0 fully saturated rings. The van der Waals surface area contributed by atoms with Gasteiger partial charge in [0.2, 0.25) is 5.13 Å². The Hall–Kier alpha value is -2.55. The van der Waals surface area contributed by atoms with Crippen molar-refractivity contribution in [3.8, 4) is 27.6 Å². The van der Waals surface area contributed by atoms with Crippen LogP contribution in [0.4, 0.5) is 0 Å². The van der Waals surface area contributed by atoms with Crippen molar-refractivity contribution >= 4 is 52.5 Å². The van der Waals surface area contributed by atoms with Crippen LogP contribution >= 0.6 is 46.3 Å². The van der Waals surface area contributed by atoms with Crippen LogP contribution in [0.1, 0.15) is 19.5 Å². The van der Waals surface area contributed by atoms with Crippen LogP contribution in [0.15, 0.2) is 47.2 Å². The molecule has 0 spiro atoms. The number of thiazole rings is 1. The van der Waals surface area contributed by atoms with Gasteiger partial charge in [-0.05, 0) is 19.1 Å². The number of aromatic nitrogens is 5. The molecular weight excluding hydrogens is 489 g/mol. The number of carbonyl (C=O) groups excluding carboxylic acids is 2. The number of hydrogen-bond acceptors (Lipinski definition) is 8. The Morgan fingerprint density at radius 2 is 1.91 bits per heavy atom. The maximum Gasteiger partial charge on any atom is 0.373 e. The predicted octanol–water partition coefficient (Wildman–Crippen LogP) is 5.99. The second-order valence-corrected chi connectivity index (χ2v) is 10.3. The van der Waals surface area contributed by atoms with Crippen LogP contribution in [0.5, 0.6) is 0 Å². The van der Waals surface area contributed by atoms with Crippen LogP contribution < -0.4 is 0 Å². The average Bonchev–Trinajstić information content (AvgIpc) is 3.34. The normalized spacial score (nSPS) is 10.6. The van der Waals surface area contributed by atoms with Gasteiger partial charge in [-0.25, -0.2) is 9.67 Å².